The van der Waals surface area contributed by atoms with Crippen molar-refractivity contribution in [3.8, 4) is 0 Å². The number of amides is 1. The Bertz CT molecular complexity index is 944. The van der Waals surface area contributed by atoms with Gasteiger partial charge in [-0.15, -0.1) is 0 Å². The third-order valence-electron chi connectivity index (χ3n) is 4.57. The van der Waals surface area contributed by atoms with Crippen LogP contribution in [0.2, 0.25) is 0 Å². The molecule has 5 nitrogen and oxygen atoms in total. The van der Waals surface area contributed by atoms with E-state index in [1.54, 1.807) is 0 Å². The van der Waals surface area contributed by atoms with Crippen molar-refractivity contribution >= 4 is 21.6 Å². The van der Waals surface area contributed by atoms with Crippen LogP contribution in [0.5, 0.6) is 0 Å². The lowest BCUT2D eigenvalue weighted by Crippen LogP contribution is -2.48. The maximum atomic E-state index is 14.2. The lowest BCUT2D eigenvalue weighted by molar-refractivity contribution is -0.122. The first kappa shape index (κ1) is 20.9. The Labute approximate surface area is 160 Å². The molecule has 7 heteroatoms. The quantitative estimate of drug-likeness (QED) is 0.819. The highest BCUT2D eigenvalue weighted by molar-refractivity contribution is 7.92. The van der Waals surface area contributed by atoms with E-state index in [0.717, 1.165) is 33.3 Å². The summed E-state index contributed by atoms with van der Waals surface area (Å²) in [5.41, 5.74) is 3.01. The van der Waals surface area contributed by atoms with Gasteiger partial charge in [-0.2, -0.15) is 0 Å². The van der Waals surface area contributed by atoms with Crippen LogP contribution in [0.1, 0.15) is 36.6 Å². The Morgan fingerprint density at radius 2 is 1.70 bits per heavy atom. The third-order valence-corrected chi connectivity index (χ3v) is 5.80. The highest BCUT2D eigenvalue weighted by atomic mass is 32.2. The van der Waals surface area contributed by atoms with Crippen molar-refractivity contribution in [1.82, 2.24) is 5.32 Å². The van der Waals surface area contributed by atoms with Crippen molar-refractivity contribution in [3.05, 3.63) is 65.0 Å². The second kappa shape index (κ2) is 8.08. The number of carbonyl (C=O) groups excluding carboxylic acids is 1. The number of rotatable bonds is 6. The van der Waals surface area contributed by atoms with E-state index in [9.17, 15) is 17.6 Å². The van der Waals surface area contributed by atoms with Gasteiger partial charge in [-0.25, -0.2) is 12.8 Å². The van der Waals surface area contributed by atoms with Gasteiger partial charge in [-0.1, -0.05) is 30.3 Å². The van der Waals surface area contributed by atoms with E-state index in [0.29, 0.717) is 0 Å². The molecule has 0 fully saturated rings. The maximum absolute atomic E-state index is 14.2. The van der Waals surface area contributed by atoms with Crippen LogP contribution in [-0.2, 0) is 14.8 Å². The molecule has 2 unspecified atom stereocenters. The molecule has 2 atom stereocenters. The van der Waals surface area contributed by atoms with E-state index >= 15 is 0 Å². The first-order valence-corrected chi connectivity index (χ1v) is 10.5. The number of para-hydroxylation sites is 1. The van der Waals surface area contributed by atoms with Crippen LogP contribution in [0.15, 0.2) is 42.5 Å². The summed E-state index contributed by atoms with van der Waals surface area (Å²) in [6, 6.07) is 9.94. The van der Waals surface area contributed by atoms with Gasteiger partial charge in [0.05, 0.1) is 18.0 Å². The zero-order chi connectivity index (χ0) is 20.4. The maximum Gasteiger partial charge on any atom is 0.244 e. The molecule has 1 N–H and O–H groups in total. The summed E-state index contributed by atoms with van der Waals surface area (Å²) in [6.45, 7) is 7.25. The normalized spacial score (nSPS) is 13.7. The van der Waals surface area contributed by atoms with Crippen LogP contribution < -0.4 is 9.62 Å². The molecule has 0 bridgehead atoms. The standard InChI is InChI=1S/C20H25FN2O3S/c1-13-10-11-17(12-14(13)2)15(3)22-20(24)16(4)23(27(5,25)26)19-9-7-6-8-18(19)21/h6-12,15-16H,1-5H3,(H,22,24). The SMILES string of the molecule is Cc1ccc(C(C)NC(=O)C(C)N(c2ccccc2F)S(C)(=O)=O)cc1C. The summed E-state index contributed by atoms with van der Waals surface area (Å²) in [7, 11) is -3.86. The van der Waals surface area contributed by atoms with Crippen molar-refractivity contribution < 1.29 is 17.6 Å². The lowest BCUT2D eigenvalue weighted by Gasteiger charge is -2.29. The Kier molecular flexibility index (Phi) is 6.26. The average Bonchev–Trinajstić information content (AvgIpc) is 2.57. The van der Waals surface area contributed by atoms with Gasteiger partial charge in [0.2, 0.25) is 15.9 Å². The Balaban J connectivity index is 2.27. The number of aryl methyl sites for hydroxylation is 2. The lowest BCUT2D eigenvalue weighted by atomic mass is 10.0. The molecule has 1 amide bonds. The van der Waals surface area contributed by atoms with Crippen LogP contribution in [0, 0.1) is 19.7 Å². The molecule has 0 saturated carbocycles. The van der Waals surface area contributed by atoms with Gasteiger partial charge in [0.1, 0.15) is 11.9 Å². The predicted octanol–water partition coefficient (Wildman–Crippen LogP) is 3.47. The molecule has 0 aromatic heterocycles. The highest BCUT2D eigenvalue weighted by Gasteiger charge is 2.31. The number of benzene rings is 2. The van der Waals surface area contributed by atoms with Crippen LogP contribution in [0.4, 0.5) is 10.1 Å². The second-order valence-electron chi connectivity index (χ2n) is 6.76. The topological polar surface area (TPSA) is 66.5 Å². The van der Waals surface area contributed by atoms with Crippen molar-refractivity contribution in [2.45, 2.75) is 39.8 Å². The van der Waals surface area contributed by atoms with Crippen LogP contribution in [0.3, 0.4) is 0 Å². The fourth-order valence-corrected chi connectivity index (χ4v) is 4.04. The van der Waals surface area contributed by atoms with Crippen LogP contribution >= 0.6 is 0 Å². The number of sulfonamides is 1. The molecule has 0 radical (unpaired) electrons. The molecule has 2 aromatic carbocycles. The molecule has 0 saturated heterocycles. The van der Waals surface area contributed by atoms with Crippen molar-refractivity contribution in [1.29, 1.82) is 0 Å². The summed E-state index contributed by atoms with van der Waals surface area (Å²) in [4.78, 5) is 12.7. The van der Waals surface area contributed by atoms with E-state index in [1.165, 1.54) is 25.1 Å². The third kappa shape index (κ3) is 4.86. The van der Waals surface area contributed by atoms with E-state index in [2.05, 4.69) is 5.32 Å². The highest BCUT2D eigenvalue weighted by Crippen LogP contribution is 2.24. The number of hydrogen-bond donors (Lipinski definition) is 1. The molecule has 0 aliphatic rings. The van der Waals surface area contributed by atoms with E-state index in [1.807, 2.05) is 39.0 Å². The number of hydrogen-bond acceptors (Lipinski definition) is 3. The summed E-state index contributed by atoms with van der Waals surface area (Å²) in [5.74, 6) is -1.21. The van der Waals surface area contributed by atoms with E-state index in [4.69, 9.17) is 0 Å². The van der Waals surface area contributed by atoms with Gasteiger partial charge >= 0.3 is 0 Å². The minimum atomic E-state index is -3.86. The van der Waals surface area contributed by atoms with Gasteiger partial charge in [0.25, 0.3) is 0 Å². The molecule has 0 heterocycles. The van der Waals surface area contributed by atoms with Gasteiger partial charge in [0.15, 0.2) is 0 Å². The summed E-state index contributed by atoms with van der Waals surface area (Å²) >= 11 is 0. The first-order valence-electron chi connectivity index (χ1n) is 8.64. The molecule has 2 rings (SSSR count). The predicted molar refractivity (Wildman–Crippen MR) is 106 cm³/mol. The Morgan fingerprint density at radius 3 is 2.26 bits per heavy atom. The Morgan fingerprint density at radius 1 is 1.07 bits per heavy atom. The number of nitrogens with one attached hydrogen (secondary N) is 1. The van der Waals surface area contributed by atoms with Crippen LogP contribution in [0.25, 0.3) is 0 Å². The zero-order valence-corrected chi connectivity index (χ0v) is 17.0. The fraction of sp³-hybridized carbons (Fsp3) is 0.350. The van der Waals surface area contributed by atoms with Crippen molar-refractivity contribution in [3.63, 3.8) is 0 Å². The molecule has 0 spiro atoms. The van der Waals surface area contributed by atoms with Gasteiger partial charge in [0, 0.05) is 0 Å². The minimum absolute atomic E-state index is 0.151. The number of anilines is 1. The van der Waals surface area contributed by atoms with Gasteiger partial charge < -0.3 is 5.32 Å². The van der Waals surface area contributed by atoms with Crippen molar-refractivity contribution in [2.75, 3.05) is 10.6 Å². The smallest absolute Gasteiger partial charge is 0.244 e. The Hall–Kier alpha value is -2.41. The first-order chi connectivity index (χ1) is 12.5. The average molecular weight is 392 g/mol. The summed E-state index contributed by atoms with van der Waals surface area (Å²) < 4.78 is 39.5. The number of halogens is 1. The molecular weight excluding hydrogens is 367 g/mol. The number of nitrogens with zero attached hydrogens (tertiary/aromatic N) is 1. The molecule has 0 aliphatic carbocycles. The van der Waals surface area contributed by atoms with Crippen LogP contribution in [-0.4, -0.2) is 26.6 Å². The summed E-state index contributed by atoms with van der Waals surface area (Å²) in [6.07, 6.45) is 0.954. The molecule has 27 heavy (non-hydrogen) atoms. The van der Waals surface area contributed by atoms with Crippen molar-refractivity contribution in [2.24, 2.45) is 0 Å². The molecule has 2 aromatic rings. The molecule has 0 aliphatic heterocycles. The monoisotopic (exact) mass is 392 g/mol. The zero-order valence-electron chi connectivity index (χ0n) is 16.2. The van der Waals surface area contributed by atoms with Gasteiger partial charge in [-0.05, 0) is 56.5 Å². The minimum Gasteiger partial charge on any atom is -0.348 e. The fourth-order valence-electron chi connectivity index (χ4n) is 2.86. The summed E-state index contributed by atoms with van der Waals surface area (Å²) in [5, 5.41) is 2.82. The van der Waals surface area contributed by atoms with Gasteiger partial charge in [-0.3, -0.25) is 9.10 Å². The van der Waals surface area contributed by atoms with E-state index < -0.39 is 27.8 Å². The molecule has 146 valence electrons. The second-order valence-corrected chi connectivity index (χ2v) is 8.62. The number of carbonyl (C=O) groups is 1. The van der Waals surface area contributed by atoms with E-state index in [-0.39, 0.29) is 11.7 Å². The molecular formula is C20H25FN2O3S. The largest absolute Gasteiger partial charge is 0.348 e.